The molecule has 27 heavy (non-hydrogen) atoms. The minimum Gasteiger partial charge on any atom is -0.339 e. The van der Waals surface area contributed by atoms with E-state index in [9.17, 15) is 9.59 Å². The number of amides is 2. The molecule has 142 valence electrons. The van der Waals surface area contributed by atoms with E-state index >= 15 is 0 Å². The first-order valence-electron chi connectivity index (χ1n) is 9.55. The monoisotopic (exact) mass is 383 g/mol. The van der Waals surface area contributed by atoms with Gasteiger partial charge in [-0.15, -0.1) is 11.3 Å². The first-order valence-corrected chi connectivity index (χ1v) is 10.4. The van der Waals surface area contributed by atoms with Crippen LogP contribution in [0.2, 0.25) is 0 Å². The molecule has 2 aliphatic heterocycles. The molecule has 0 bridgehead atoms. The van der Waals surface area contributed by atoms with Gasteiger partial charge in [-0.3, -0.25) is 9.59 Å². The molecule has 0 aliphatic carbocycles. The molecular formula is C21H25N3O2S. The Balaban J connectivity index is 1.55. The maximum atomic E-state index is 13.3. The highest BCUT2D eigenvalue weighted by Gasteiger charge is 2.32. The molecule has 1 aromatic heterocycles. The van der Waals surface area contributed by atoms with Crippen molar-refractivity contribution in [1.82, 2.24) is 10.2 Å². The number of carbonyl (C=O) groups excluding carboxylic acids is 2. The number of fused-ring (bicyclic) bond motifs is 1. The Labute approximate surface area is 164 Å². The largest absolute Gasteiger partial charge is 0.339 e. The van der Waals surface area contributed by atoms with Gasteiger partial charge in [0.1, 0.15) is 0 Å². The summed E-state index contributed by atoms with van der Waals surface area (Å²) in [5, 5.41) is 5.36. The van der Waals surface area contributed by atoms with Crippen LogP contribution in [0, 0.1) is 11.8 Å². The molecule has 0 radical (unpaired) electrons. The molecule has 2 aromatic rings. The third-order valence-corrected chi connectivity index (χ3v) is 6.70. The summed E-state index contributed by atoms with van der Waals surface area (Å²) in [6, 6.07) is 11.1. The molecule has 0 saturated carbocycles. The predicted molar refractivity (Wildman–Crippen MR) is 108 cm³/mol. The maximum Gasteiger partial charge on any atom is 0.268 e. The van der Waals surface area contributed by atoms with Gasteiger partial charge in [-0.2, -0.15) is 0 Å². The van der Waals surface area contributed by atoms with E-state index < -0.39 is 0 Å². The summed E-state index contributed by atoms with van der Waals surface area (Å²) in [6.45, 7) is 3.72. The molecular weight excluding hydrogens is 358 g/mol. The zero-order chi connectivity index (χ0) is 18.8. The number of carbonyl (C=O) groups is 2. The highest BCUT2D eigenvalue weighted by Crippen LogP contribution is 2.29. The number of anilines is 1. The molecule has 2 saturated heterocycles. The van der Waals surface area contributed by atoms with E-state index in [-0.39, 0.29) is 11.8 Å². The van der Waals surface area contributed by atoms with Gasteiger partial charge in [-0.1, -0.05) is 18.2 Å². The van der Waals surface area contributed by atoms with E-state index in [1.165, 1.54) is 11.3 Å². The molecule has 2 amide bonds. The molecule has 6 heteroatoms. The van der Waals surface area contributed by atoms with Crippen LogP contribution in [0.15, 0.2) is 41.8 Å². The number of para-hydroxylation sites is 1. The SMILES string of the molecule is CN(C(=O)c1cccs1)c1ccccc1C(=O)N1CC[C@@H]2CNC[C@@H]2CC1. The number of thiophene rings is 1. The van der Waals surface area contributed by atoms with Crippen LogP contribution < -0.4 is 10.2 Å². The van der Waals surface area contributed by atoms with Gasteiger partial charge >= 0.3 is 0 Å². The van der Waals surface area contributed by atoms with Gasteiger partial charge in [0.05, 0.1) is 16.1 Å². The third kappa shape index (κ3) is 3.64. The average molecular weight is 384 g/mol. The fraction of sp³-hybridized carbons (Fsp3) is 0.429. The number of nitrogens with zero attached hydrogens (tertiary/aromatic N) is 2. The van der Waals surface area contributed by atoms with Gasteiger partial charge in [0.2, 0.25) is 0 Å². The molecule has 1 N–H and O–H groups in total. The van der Waals surface area contributed by atoms with Crippen molar-refractivity contribution in [2.24, 2.45) is 11.8 Å². The summed E-state index contributed by atoms with van der Waals surface area (Å²) in [7, 11) is 1.74. The molecule has 0 spiro atoms. The van der Waals surface area contributed by atoms with E-state index in [4.69, 9.17) is 0 Å². The summed E-state index contributed by atoms with van der Waals surface area (Å²) >= 11 is 1.42. The zero-order valence-electron chi connectivity index (χ0n) is 15.6. The van der Waals surface area contributed by atoms with Crippen LogP contribution in [0.5, 0.6) is 0 Å². The molecule has 3 heterocycles. The minimum atomic E-state index is -0.0817. The first-order chi connectivity index (χ1) is 13.1. The van der Waals surface area contributed by atoms with Gasteiger partial charge < -0.3 is 15.1 Å². The van der Waals surface area contributed by atoms with Crippen molar-refractivity contribution in [1.29, 1.82) is 0 Å². The van der Waals surface area contributed by atoms with Gasteiger partial charge in [0.15, 0.2) is 0 Å². The lowest BCUT2D eigenvalue weighted by Crippen LogP contribution is -2.35. The van der Waals surface area contributed by atoms with Gasteiger partial charge in [-0.25, -0.2) is 0 Å². The van der Waals surface area contributed by atoms with Crippen LogP contribution in [0.1, 0.15) is 32.9 Å². The fourth-order valence-electron chi connectivity index (χ4n) is 4.21. The van der Waals surface area contributed by atoms with Crippen LogP contribution in [0.25, 0.3) is 0 Å². The van der Waals surface area contributed by atoms with E-state index in [0.717, 1.165) is 39.0 Å². The molecule has 1 aromatic carbocycles. The Bertz CT molecular complexity index is 807. The number of benzene rings is 1. The lowest BCUT2D eigenvalue weighted by molar-refractivity contribution is 0.0759. The van der Waals surface area contributed by atoms with E-state index in [0.29, 0.717) is 28.0 Å². The number of rotatable bonds is 3. The zero-order valence-corrected chi connectivity index (χ0v) is 16.4. The number of hydrogen-bond donors (Lipinski definition) is 1. The molecule has 2 atom stereocenters. The Morgan fingerprint density at radius 2 is 1.78 bits per heavy atom. The highest BCUT2D eigenvalue weighted by atomic mass is 32.1. The van der Waals surface area contributed by atoms with Crippen LogP contribution in [-0.4, -0.2) is 49.9 Å². The summed E-state index contributed by atoms with van der Waals surface area (Å²) in [4.78, 5) is 30.3. The Morgan fingerprint density at radius 3 is 2.44 bits per heavy atom. The van der Waals surface area contributed by atoms with Crippen molar-refractivity contribution in [3.05, 3.63) is 52.2 Å². The number of nitrogens with one attached hydrogen (secondary N) is 1. The van der Waals surface area contributed by atoms with Crippen LogP contribution in [0.4, 0.5) is 5.69 Å². The van der Waals surface area contributed by atoms with Gasteiger partial charge in [-0.05, 0) is 61.3 Å². The van der Waals surface area contributed by atoms with E-state index in [2.05, 4.69) is 5.32 Å². The maximum absolute atomic E-state index is 13.3. The summed E-state index contributed by atoms with van der Waals surface area (Å²) < 4.78 is 0. The summed E-state index contributed by atoms with van der Waals surface area (Å²) in [6.07, 6.45) is 2.10. The third-order valence-electron chi connectivity index (χ3n) is 5.84. The second kappa shape index (κ2) is 7.82. The molecule has 5 nitrogen and oxygen atoms in total. The van der Waals surface area contributed by atoms with Crippen molar-refractivity contribution >= 4 is 28.8 Å². The Morgan fingerprint density at radius 1 is 1.07 bits per heavy atom. The van der Waals surface area contributed by atoms with Crippen LogP contribution in [0.3, 0.4) is 0 Å². The van der Waals surface area contributed by atoms with Crippen LogP contribution >= 0.6 is 11.3 Å². The van der Waals surface area contributed by atoms with Gasteiger partial charge in [0, 0.05) is 20.1 Å². The highest BCUT2D eigenvalue weighted by molar-refractivity contribution is 7.12. The summed E-state index contributed by atoms with van der Waals surface area (Å²) in [5.74, 6) is 1.31. The normalized spacial score (nSPS) is 22.2. The van der Waals surface area contributed by atoms with Crippen LogP contribution in [-0.2, 0) is 0 Å². The quantitative estimate of drug-likeness (QED) is 0.886. The minimum absolute atomic E-state index is 0.0318. The van der Waals surface area contributed by atoms with E-state index in [1.807, 2.05) is 46.7 Å². The van der Waals surface area contributed by atoms with E-state index in [1.54, 1.807) is 11.9 Å². The van der Waals surface area contributed by atoms with Crippen molar-refractivity contribution in [3.8, 4) is 0 Å². The van der Waals surface area contributed by atoms with Crippen molar-refractivity contribution < 1.29 is 9.59 Å². The standard InChI is InChI=1S/C21H25N3O2S/c1-23(21(26)19-7-4-12-27-19)18-6-3-2-5-17(18)20(25)24-10-8-15-13-22-14-16(15)9-11-24/h2-7,12,15-16,22H,8-11,13-14H2,1H3/t15-,16+. The topological polar surface area (TPSA) is 52.7 Å². The second-order valence-electron chi connectivity index (χ2n) is 7.41. The van der Waals surface area contributed by atoms with Gasteiger partial charge in [0.25, 0.3) is 11.8 Å². The molecule has 4 rings (SSSR count). The molecule has 0 unspecified atom stereocenters. The van der Waals surface area contributed by atoms with Crippen molar-refractivity contribution in [2.45, 2.75) is 12.8 Å². The fourth-order valence-corrected chi connectivity index (χ4v) is 4.91. The Kier molecular flexibility index (Phi) is 5.27. The number of likely N-dealkylation sites (tertiary alicyclic amines) is 1. The number of hydrogen-bond acceptors (Lipinski definition) is 4. The predicted octanol–water partition coefficient (Wildman–Crippen LogP) is 3.10. The van der Waals surface area contributed by atoms with Crippen molar-refractivity contribution in [2.75, 3.05) is 38.1 Å². The Hall–Kier alpha value is -2.18. The average Bonchev–Trinajstić information content (AvgIpc) is 3.35. The molecule has 2 fully saturated rings. The smallest absolute Gasteiger partial charge is 0.268 e. The lowest BCUT2D eigenvalue weighted by atomic mass is 9.92. The molecule has 2 aliphatic rings. The lowest BCUT2D eigenvalue weighted by Gasteiger charge is -2.25. The summed E-state index contributed by atoms with van der Waals surface area (Å²) in [5.41, 5.74) is 1.28. The van der Waals surface area contributed by atoms with Crippen molar-refractivity contribution in [3.63, 3.8) is 0 Å². The first kappa shape index (κ1) is 18.2. The second-order valence-corrected chi connectivity index (χ2v) is 8.35.